The third-order valence-electron chi connectivity index (χ3n) is 6.15. The van der Waals surface area contributed by atoms with Gasteiger partial charge in [-0.15, -0.1) is 6.42 Å². The molecule has 0 unspecified atom stereocenters. The maximum Gasteiger partial charge on any atom is 0.148 e. The van der Waals surface area contributed by atoms with Crippen molar-refractivity contribution >= 4 is 29.2 Å². The lowest BCUT2D eigenvalue weighted by Gasteiger charge is -2.37. The van der Waals surface area contributed by atoms with Crippen LogP contribution < -0.4 is 10.1 Å². The van der Waals surface area contributed by atoms with Crippen LogP contribution in [0.3, 0.4) is 0 Å². The van der Waals surface area contributed by atoms with Crippen molar-refractivity contribution < 1.29 is 4.74 Å². The van der Waals surface area contributed by atoms with Crippen LogP contribution in [0.1, 0.15) is 35.1 Å². The zero-order chi connectivity index (χ0) is 21.9. The number of terminal acetylenes is 1. The highest BCUT2D eigenvalue weighted by molar-refractivity contribution is 6.32. The summed E-state index contributed by atoms with van der Waals surface area (Å²) in [6.07, 6.45) is 12.8. The molecule has 0 saturated carbocycles. The van der Waals surface area contributed by atoms with Crippen molar-refractivity contribution in [3.8, 4) is 18.1 Å². The minimum absolute atomic E-state index is 0.193. The van der Waals surface area contributed by atoms with Gasteiger partial charge in [-0.1, -0.05) is 60.0 Å². The highest BCUT2D eigenvalue weighted by Crippen LogP contribution is 2.49. The molecule has 32 heavy (non-hydrogen) atoms. The second-order valence-electron chi connectivity index (χ2n) is 8.10. The Morgan fingerprint density at radius 3 is 2.78 bits per heavy atom. The summed E-state index contributed by atoms with van der Waals surface area (Å²) in [5, 5.41) is 4.29. The molecule has 3 atom stereocenters. The molecule has 3 aromatic carbocycles. The van der Waals surface area contributed by atoms with Crippen LogP contribution >= 0.6 is 11.6 Å². The van der Waals surface area contributed by atoms with Crippen molar-refractivity contribution in [1.29, 1.82) is 0 Å². The summed E-state index contributed by atoms with van der Waals surface area (Å²) in [5.74, 6) is 4.03. The van der Waals surface area contributed by atoms with Crippen molar-refractivity contribution in [1.82, 2.24) is 0 Å². The third-order valence-corrected chi connectivity index (χ3v) is 6.45. The fourth-order valence-electron chi connectivity index (χ4n) is 4.62. The van der Waals surface area contributed by atoms with Crippen molar-refractivity contribution in [3.05, 3.63) is 101 Å². The number of para-hydroxylation sites is 1. The zero-order valence-electron chi connectivity index (χ0n) is 17.5. The number of nitrogens with one attached hydrogen (secondary N) is 1. The van der Waals surface area contributed by atoms with E-state index in [1.165, 1.54) is 16.8 Å². The monoisotopic (exact) mass is 438 g/mol. The van der Waals surface area contributed by atoms with Crippen molar-refractivity contribution in [2.75, 3.05) is 11.9 Å². The number of anilines is 1. The molecule has 0 bridgehead atoms. The van der Waals surface area contributed by atoms with Crippen LogP contribution in [0.15, 0.2) is 83.9 Å². The number of rotatable bonds is 5. The van der Waals surface area contributed by atoms with E-state index >= 15 is 0 Å². The van der Waals surface area contributed by atoms with Crippen molar-refractivity contribution in [2.45, 2.75) is 18.4 Å². The molecule has 2 aliphatic rings. The average Bonchev–Trinajstić information content (AvgIpc) is 3.32. The lowest BCUT2D eigenvalue weighted by atomic mass is 9.77. The summed E-state index contributed by atoms with van der Waals surface area (Å²) in [6.45, 7) is 0.193. The Bertz CT molecular complexity index is 1220. The van der Waals surface area contributed by atoms with Crippen LogP contribution in [-0.2, 0) is 0 Å². The van der Waals surface area contributed by atoms with Crippen LogP contribution in [0.5, 0.6) is 5.75 Å². The smallest absolute Gasteiger partial charge is 0.148 e. The molecule has 1 heterocycles. The summed E-state index contributed by atoms with van der Waals surface area (Å²) in [6, 6.07) is 23.0. The number of ether oxygens (including phenoxy) is 1. The Morgan fingerprint density at radius 1 is 1.12 bits per heavy atom. The molecule has 158 valence electrons. The average molecular weight is 439 g/mol. The summed E-state index contributed by atoms with van der Waals surface area (Å²) >= 11 is 6.27. The first kappa shape index (κ1) is 20.4. The summed E-state index contributed by atoms with van der Waals surface area (Å²) in [4.78, 5) is 4.61. The summed E-state index contributed by atoms with van der Waals surface area (Å²) in [7, 11) is 0. The predicted octanol–water partition coefficient (Wildman–Crippen LogP) is 6.93. The van der Waals surface area contributed by atoms with E-state index in [-0.39, 0.29) is 12.6 Å². The number of nitrogens with zero attached hydrogens (tertiary/aromatic N) is 1. The van der Waals surface area contributed by atoms with Gasteiger partial charge in [0, 0.05) is 17.8 Å². The SMILES string of the molecule is C#CCOc1ccc(C=Nc2ccc([C@@H]3Nc4ccccc4[C@@H]4C=CC[C@@H]43)cc2)cc1Cl. The Labute approximate surface area is 193 Å². The van der Waals surface area contributed by atoms with Gasteiger partial charge in [0.2, 0.25) is 0 Å². The second kappa shape index (κ2) is 8.94. The first-order valence-corrected chi connectivity index (χ1v) is 11.1. The van der Waals surface area contributed by atoms with Gasteiger partial charge in [0.15, 0.2) is 0 Å². The molecular formula is C28H23ClN2O. The number of fused-ring (bicyclic) bond motifs is 3. The molecule has 5 rings (SSSR count). The number of hydrogen-bond donors (Lipinski definition) is 1. The largest absolute Gasteiger partial charge is 0.479 e. The van der Waals surface area contributed by atoms with Crippen LogP contribution in [0.2, 0.25) is 5.02 Å². The van der Waals surface area contributed by atoms with E-state index in [0.717, 1.165) is 17.7 Å². The molecule has 0 aromatic heterocycles. The number of aliphatic imine (C=N–C) groups is 1. The van der Waals surface area contributed by atoms with E-state index in [1.54, 1.807) is 6.21 Å². The topological polar surface area (TPSA) is 33.6 Å². The van der Waals surface area contributed by atoms with E-state index in [0.29, 0.717) is 22.6 Å². The van der Waals surface area contributed by atoms with E-state index < -0.39 is 0 Å². The summed E-state index contributed by atoms with van der Waals surface area (Å²) < 4.78 is 5.40. The molecule has 0 amide bonds. The molecule has 0 spiro atoms. The van der Waals surface area contributed by atoms with E-state index in [1.807, 2.05) is 18.2 Å². The normalized spacial score (nSPS) is 20.9. The predicted molar refractivity (Wildman–Crippen MR) is 132 cm³/mol. The van der Waals surface area contributed by atoms with Crippen molar-refractivity contribution in [3.63, 3.8) is 0 Å². The third kappa shape index (κ3) is 4.02. The van der Waals surface area contributed by atoms with Crippen LogP contribution in [0.4, 0.5) is 11.4 Å². The van der Waals surface area contributed by atoms with Crippen LogP contribution in [-0.4, -0.2) is 12.8 Å². The Morgan fingerprint density at radius 2 is 1.97 bits per heavy atom. The molecular weight excluding hydrogens is 416 g/mol. The summed E-state index contributed by atoms with van der Waals surface area (Å²) in [5.41, 5.74) is 5.72. The van der Waals surface area contributed by atoms with Crippen LogP contribution in [0, 0.1) is 18.3 Å². The van der Waals surface area contributed by atoms with E-state index in [9.17, 15) is 0 Å². The lowest BCUT2D eigenvalue weighted by molar-refractivity contribution is 0.370. The molecule has 0 fully saturated rings. The fourth-order valence-corrected chi connectivity index (χ4v) is 4.87. The standard InChI is InChI=1S/C28H23ClN2O/c1-2-16-32-27-15-10-19(17-25(27)29)18-30-21-13-11-20(12-14-21)28-24-8-5-7-22(24)23-6-3-4-9-26(23)31-28/h1,3-7,9-15,17-18,22,24,28,31H,8,16H2/t22-,24-,28-/m0/s1. The van der Waals surface area contributed by atoms with Gasteiger partial charge in [-0.05, 0) is 65.4 Å². The van der Waals surface area contributed by atoms with Gasteiger partial charge in [0.25, 0.3) is 0 Å². The van der Waals surface area contributed by atoms with Crippen molar-refractivity contribution in [2.24, 2.45) is 10.9 Å². The molecule has 1 aliphatic heterocycles. The first-order chi connectivity index (χ1) is 15.7. The van der Waals surface area contributed by atoms with Gasteiger partial charge in [0.1, 0.15) is 12.4 Å². The highest BCUT2D eigenvalue weighted by atomic mass is 35.5. The molecule has 1 aliphatic carbocycles. The van der Waals surface area contributed by atoms with Crippen LogP contribution in [0.25, 0.3) is 0 Å². The molecule has 0 radical (unpaired) electrons. The lowest BCUT2D eigenvalue weighted by Crippen LogP contribution is -2.28. The second-order valence-corrected chi connectivity index (χ2v) is 8.50. The fraction of sp³-hybridized carbons (Fsp3) is 0.179. The van der Waals surface area contributed by atoms with E-state index in [2.05, 4.69) is 76.9 Å². The first-order valence-electron chi connectivity index (χ1n) is 10.7. The maximum atomic E-state index is 6.27. The van der Waals surface area contributed by atoms with Gasteiger partial charge in [-0.3, -0.25) is 4.99 Å². The number of hydrogen-bond acceptors (Lipinski definition) is 3. The van der Waals surface area contributed by atoms with Gasteiger partial charge < -0.3 is 10.1 Å². The quantitative estimate of drug-likeness (QED) is 0.266. The Kier molecular flexibility index (Phi) is 5.71. The van der Waals surface area contributed by atoms with Gasteiger partial charge in [-0.25, -0.2) is 0 Å². The zero-order valence-corrected chi connectivity index (χ0v) is 18.3. The molecule has 0 saturated heterocycles. The van der Waals surface area contributed by atoms with E-state index in [4.69, 9.17) is 22.8 Å². The van der Waals surface area contributed by atoms with Gasteiger partial charge >= 0.3 is 0 Å². The minimum Gasteiger partial charge on any atom is -0.479 e. The molecule has 3 aromatic rings. The molecule has 3 nitrogen and oxygen atoms in total. The minimum atomic E-state index is 0.193. The molecule has 4 heteroatoms. The maximum absolute atomic E-state index is 6.27. The number of allylic oxidation sites excluding steroid dienone is 2. The number of halogens is 1. The number of benzene rings is 3. The Balaban J connectivity index is 1.32. The Hall–Kier alpha value is -3.48. The van der Waals surface area contributed by atoms with Gasteiger partial charge in [0.05, 0.1) is 16.8 Å². The highest BCUT2D eigenvalue weighted by Gasteiger charge is 2.37. The van der Waals surface area contributed by atoms with Gasteiger partial charge in [-0.2, -0.15) is 0 Å². The molecule has 1 N–H and O–H groups in total.